The van der Waals surface area contributed by atoms with Crippen LogP contribution in [0.25, 0.3) is 0 Å². The first-order valence-corrected chi connectivity index (χ1v) is 9.26. The van der Waals surface area contributed by atoms with Gasteiger partial charge in [0.25, 0.3) is 0 Å². The monoisotopic (exact) mass is 325 g/mol. The molecule has 4 rings (SSSR count). The van der Waals surface area contributed by atoms with Crippen molar-refractivity contribution in [2.45, 2.75) is 39.2 Å². The second-order valence-electron chi connectivity index (χ2n) is 7.92. The van der Waals surface area contributed by atoms with Crippen LogP contribution in [0.4, 0.5) is 5.69 Å². The van der Waals surface area contributed by atoms with Crippen molar-refractivity contribution in [3.63, 3.8) is 0 Å². The summed E-state index contributed by atoms with van der Waals surface area (Å²) in [5.74, 6) is 1.74. The highest BCUT2D eigenvalue weighted by Gasteiger charge is 2.57. The Labute approximate surface area is 144 Å². The van der Waals surface area contributed by atoms with E-state index in [9.17, 15) is 4.79 Å². The summed E-state index contributed by atoms with van der Waals surface area (Å²) in [7, 11) is 0. The second kappa shape index (κ2) is 5.69. The normalized spacial score (nSPS) is 35.2. The molecule has 0 saturated heterocycles. The Bertz CT molecular complexity index is 696. The Kier molecular flexibility index (Phi) is 3.75. The highest BCUT2D eigenvalue weighted by Crippen LogP contribution is 2.50. The van der Waals surface area contributed by atoms with Crippen molar-refractivity contribution in [2.24, 2.45) is 28.7 Å². The van der Waals surface area contributed by atoms with Gasteiger partial charge >= 0.3 is 0 Å². The summed E-state index contributed by atoms with van der Waals surface area (Å²) in [5, 5.41) is 6.75. The molecule has 1 saturated carbocycles. The van der Waals surface area contributed by atoms with Crippen LogP contribution in [0, 0.1) is 23.7 Å². The zero-order valence-corrected chi connectivity index (χ0v) is 14.8. The van der Waals surface area contributed by atoms with Gasteiger partial charge in [0.15, 0.2) is 0 Å². The van der Waals surface area contributed by atoms with E-state index in [0.29, 0.717) is 17.8 Å². The van der Waals surface area contributed by atoms with E-state index in [4.69, 9.17) is 4.99 Å². The van der Waals surface area contributed by atoms with Crippen molar-refractivity contribution in [3.8, 4) is 0 Å². The Morgan fingerprint density at radius 1 is 1.25 bits per heavy atom. The molecule has 0 aromatic heterocycles. The molecule has 4 atom stereocenters. The number of para-hydroxylation sites is 1. The lowest BCUT2D eigenvalue weighted by atomic mass is 9.61. The molecule has 1 spiro atoms. The summed E-state index contributed by atoms with van der Waals surface area (Å²) in [6.45, 7) is 8.37. The van der Waals surface area contributed by atoms with Crippen LogP contribution in [0.1, 0.15) is 39.2 Å². The molecular weight excluding hydrogens is 298 g/mol. The van der Waals surface area contributed by atoms with Crippen LogP contribution in [0.15, 0.2) is 29.3 Å². The predicted molar refractivity (Wildman–Crippen MR) is 97.3 cm³/mol. The summed E-state index contributed by atoms with van der Waals surface area (Å²) in [4.78, 5) is 18.2. The highest BCUT2D eigenvalue weighted by molar-refractivity contribution is 6.10. The zero-order valence-electron chi connectivity index (χ0n) is 14.8. The third kappa shape index (κ3) is 2.08. The topological polar surface area (TPSA) is 53.5 Å². The molecule has 1 aromatic rings. The molecule has 1 fully saturated rings. The van der Waals surface area contributed by atoms with Crippen LogP contribution in [0.2, 0.25) is 0 Å². The third-order valence-electron chi connectivity index (χ3n) is 6.24. The van der Waals surface area contributed by atoms with Gasteiger partial charge in [0, 0.05) is 29.4 Å². The fraction of sp³-hybridized carbons (Fsp3) is 0.600. The van der Waals surface area contributed by atoms with Crippen molar-refractivity contribution < 1.29 is 4.79 Å². The van der Waals surface area contributed by atoms with Crippen LogP contribution in [0.5, 0.6) is 0 Å². The van der Waals surface area contributed by atoms with Crippen LogP contribution >= 0.6 is 0 Å². The number of rotatable bonds is 1. The van der Waals surface area contributed by atoms with Gasteiger partial charge in [-0.3, -0.25) is 15.1 Å². The molecule has 24 heavy (non-hydrogen) atoms. The molecule has 4 unspecified atom stereocenters. The number of nitrogens with one attached hydrogen (secondary N) is 2. The summed E-state index contributed by atoms with van der Waals surface area (Å²) < 4.78 is 0. The fourth-order valence-electron chi connectivity index (χ4n) is 5.13. The zero-order chi connectivity index (χ0) is 16.9. The number of benzene rings is 1. The molecule has 2 N–H and O–H groups in total. The molecule has 2 heterocycles. The van der Waals surface area contributed by atoms with Gasteiger partial charge in [-0.15, -0.1) is 0 Å². The lowest BCUT2D eigenvalue weighted by Gasteiger charge is -2.45. The maximum Gasteiger partial charge on any atom is 0.250 e. The summed E-state index contributed by atoms with van der Waals surface area (Å²) >= 11 is 0. The van der Waals surface area contributed by atoms with Gasteiger partial charge in [0.05, 0.1) is 6.54 Å². The van der Waals surface area contributed by atoms with E-state index in [1.807, 2.05) is 18.2 Å². The van der Waals surface area contributed by atoms with Crippen LogP contribution < -0.4 is 10.6 Å². The van der Waals surface area contributed by atoms with Crippen molar-refractivity contribution in [1.29, 1.82) is 0 Å². The standard InChI is InChI=1S/C20H27N3O/c1-12(2)14-9-8-13(3)17-18(14)21-10-11-22-20(17)15-6-4-5-7-16(15)23-19(20)24/h4-7,12-14,17,22H,8-11H2,1-3H3,(H,23,24). The number of anilines is 1. The van der Waals surface area contributed by atoms with Gasteiger partial charge in [-0.2, -0.15) is 0 Å². The number of hydrogen-bond donors (Lipinski definition) is 2. The van der Waals surface area contributed by atoms with Gasteiger partial charge in [-0.05, 0) is 36.7 Å². The van der Waals surface area contributed by atoms with E-state index < -0.39 is 5.54 Å². The van der Waals surface area contributed by atoms with E-state index in [1.165, 1.54) is 12.1 Å². The minimum Gasteiger partial charge on any atom is -0.324 e. The lowest BCUT2D eigenvalue weighted by Crippen LogP contribution is -2.59. The highest BCUT2D eigenvalue weighted by atomic mass is 16.2. The number of carbonyl (C=O) groups is 1. The first-order valence-electron chi connectivity index (χ1n) is 9.26. The van der Waals surface area contributed by atoms with Crippen LogP contribution in [-0.4, -0.2) is 24.7 Å². The molecule has 2 aliphatic heterocycles. The van der Waals surface area contributed by atoms with Crippen LogP contribution in [-0.2, 0) is 10.3 Å². The summed E-state index contributed by atoms with van der Waals surface area (Å²) in [6.07, 6.45) is 2.35. The number of fused-ring (bicyclic) bond motifs is 4. The van der Waals surface area contributed by atoms with Crippen molar-refractivity contribution in [2.75, 3.05) is 18.4 Å². The average molecular weight is 325 g/mol. The average Bonchev–Trinajstić information content (AvgIpc) is 2.71. The number of hydrogen-bond acceptors (Lipinski definition) is 3. The number of carbonyl (C=O) groups excluding carboxylic acids is 1. The second-order valence-corrected chi connectivity index (χ2v) is 7.92. The third-order valence-corrected chi connectivity index (χ3v) is 6.24. The molecule has 0 radical (unpaired) electrons. The van der Waals surface area contributed by atoms with Crippen molar-refractivity contribution in [1.82, 2.24) is 5.32 Å². The predicted octanol–water partition coefficient (Wildman–Crippen LogP) is 3.20. The lowest BCUT2D eigenvalue weighted by molar-refractivity contribution is -0.124. The van der Waals surface area contributed by atoms with E-state index in [2.05, 4.69) is 37.5 Å². The van der Waals surface area contributed by atoms with E-state index in [1.54, 1.807) is 0 Å². The quantitative estimate of drug-likeness (QED) is 0.833. The SMILES string of the molecule is CC(C)C1CCC(C)C2C1=NCCNC21C(=O)Nc2ccccc21. The van der Waals surface area contributed by atoms with Gasteiger partial charge in [-0.25, -0.2) is 0 Å². The van der Waals surface area contributed by atoms with Crippen molar-refractivity contribution in [3.05, 3.63) is 29.8 Å². The first kappa shape index (κ1) is 15.8. The fourth-order valence-corrected chi connectivity index (χ4v) is 5.13. The van der Waals surface area contributed by atoms with Gasteiger partial charge < -0.3 is 5.32 Å². The van der Waals surface area contributed by atoms with Gasteiger partial charge in [0.1, 0.15) is 5.54 Å². The molecular formula is C20H27N3O. The molecule has 0 bridgehead atoms. The van der Waals surface area contributed by atoms with E-state index in [0.717, 1.165) is 30.8 Å². The summed E-state index contributed by atoms with van der Waals surface area (Å²) in [5.41, 5.74) is 2.68. The van der Waals surface area contributed by atoms with E-state index >= 15 is 0 Å². The Hall–Kier alpha value is -1.68. The van der Waals surface area contributed by atoms with Crippen molar-refractivity contribution >= 4 is 17.3 Å². The number of aliphatic imine (C=N–C) groups is 1. The minimum atomic E-state index is -0.654. The molecule has 1 amide bonds. The largest absolute Gasteiger partial charge is 0.324 e. The smallest absolute Gasteiger partial charge is 0.250 e. The van der Waals surface area contributed by atoms with Crippen LogP contribution in [0.3, 0.4) is 0 Å². The first-order chi connectivity index (χ1) is 11.6. The number of amides is 1. The minimum absolute atomic E-state index is 0.0968. The maximum absolute atomic E-state index is 13.2. The summed E-state index contributed by atoms with van der Waals surface area (Å²) in [6, 6.07) is 8.15. The van der Waals surface area contributed by atoms with Gasteiger partial charge in [0.2, 0.25) is 5.91 Å². The van der Waals surface area contributed by atoms with Gasteiger partial charge in [-0.1, -0.05) is 39.0 Å². The van der Waals surface area contributed by atoms with E-state index in [-0.39, 0.29) is 11.8 Å². The Balaban J connectivity index is 1.90. The Morgan fingerprint density at radius 2 is 2.04 bits per heavy atom. The molecule has 1 aliphatic carbocycles. The number of nitrogens with zero attached hydrogens (tertiary/aromatic N) is 1. The molecule has 128 valence electrons. The molecule has 1 aromatic carbocycles. The molecule has 4 nitrogen and oxygen atoms in total. The molecule has 4 heteroatoms. The maximum atomic E-state index is 13.2. The Morgan fingerprint density at radius 3 is 2.83 bits per heavy atom. The molecule has 3 aliphatic rings.